The molecule has 1 aromatic carbocycles. The van der Waals surface area contributed by atoms with Crippen LogP contribution in [-0.4, -0.2) is 28.2 Å². The van der Waals surface area contributed by atoms with Crippen molar-refractivity contribution < 1.29 is 4.92 Å². The minimum absolute atomic E-state index is 0.0328. The molecule has 2 aromatic rings. The number of nitrogens with one attached hydrogen (secondary N) is 1. The second kappa shape index (κ2) is 7.77. The molecule has 0 fully saturated rings. The van der Waals surface area contributed by atoms with Gasteiger partial charge in [-0.25, -0.2) is 0 Å². The van der Waals surface area contributed by atoms with Crippen LogP contribution in [0.2, 0.25) is 0 Å². The molecule has 0 saturated carbocycles. The first kappa shape index (κ1) is 17.0. The lowest BCUT2D eigenvalue weighted by Gasteiger charge is -2.08. The fourth-order valence-electron chi connectivity index (χ4n) is 2.05. The molecule has 126 valence electrons. The fraction of sp³-hybridized carbons (Fsp3) is 0.200. The number of benzene rings is 1. The number of hydrogen-bond acceptors (Lipinski definition) is 5. The lowest BCUT2D eigenvalue weighted by molar-refractivity contribution is -0.383. The Morgan fingerprint density at radius 2 is 2.21 bits per heavy atom. The predicted molar refractivity (Wildman–Crippen MR) is 94.6 cm³/mol. The van der Waals surface area contributed by atoms with Crippen LogP contribution in [0.1, 0.15) is 18.9 Å². The Labute approximate surface area is 138 Å². The summed E-state index contributed by atoms with van der Waals surface area (Å²) in [4.78, 5) is 10.9. The van der Waals surface area contributed by atoms with Gasteiger partial charge in [-0.15, -0.1) is 5.10 Å². The van der Waals surface area contributed by atoms with E-state index in [0.717, 1.165) is 12.0 Å². The third kappa shape index (κ3) is 4.32. The Morgan fingerprint density at radius 3 is 2.88 bits per heavy atom. The first-order valence-corrected chi connectivity index (χ1v) is 7.34. The molecule has 0 aliphatic carbocycles. The van der Waals surface area contributed by atoms with Crippen LogP contribution in [0.25, 0.3) is 5.69 Å². The Morgan fingerprint density at radius 1 is 1.42 bits per heavy atom. The van der Waals surface area contributed by atoms with E-state index in [2.05, 4.69) is 15.5 Å². The van der Waals surface area contributed by atoms with Gasteiger partial charge < -0.3 is 21.4 Å². The Balaban J connectivity index is 2.27. The van der Waals surface area contributed by atoms with E-state index in [1.807, 2.05) is 13.0 Å². The molecule has 0 aliphatic heterocycles. The van der Waals surface area contributed by atoms with Crippen molar-refractivity contribution in [3.05, 3.63) is 52.3 Å². The average Bonchev–Trinajstić information content (AvgIpc) is 3.01. The number of nitrogens with zero attached hydrogens (tertiary/aromatic N) is 4. The number of aromatic nitrogens is 1. The van der Waals surface area contributed by atoms with Crippen LogP contribution in [-0.2, 0) is 0 Å². The minimum Gasteiger partial charge on any atom is -0.380 e. The van der Waals surface area contributed by atoms with Crippen LogP contribution in [0.5, 0.6) is 0 Å². The maximum atomic E-state index is 11.3. The molecule has 1 aromatic heterocycles. The fourth-order valence-corrected chi connectivity index (χ4v) is 2.05. The van der Waals surface area contributed by atoms with E-state index in [9.17, 15) is 10.1 Å². The van der Waals surface area contributed by atoms with E-state index in [1.54, 1.807) is 29.1 Å². The summed E-state index contributed by atoms with van der Waals surface area (Å²) < 4.78 is 1.76. The highest BCUT2D eigenvalue weighted by Gasteiger charge is 2.14. The summed E-state index contributed by atoms with van der Waals surface area (Å²) in [6, 6.07) is 6.83. The van der Waals surface area contributed by atoms with Crippen LogP contribution < -0.4 is 16.8 Å². The van der Waals surface area contributed by atoms with Gasteiger partial charge in [0.25, 0.3) is 5.69 Å². The second-order valence-electron chi connectivity index (χ2n) is 5.01. The molecule has 9 heteroatoms. The number of anilines is 1. The van der Waals surface area contributed by atoms with Crippen molar-refractivity contribution >= 4 is 23.5 Å². The molecule has 9 nitrogen and oxygen atoms in total. The third-order valence-electron chi connectivity index (χ3n) is 3.14. The van der Waals surface area contributed by atoms with Crippen molar-refractivity contribution in [3.8, 4) is 5.69 Å². The zero-order chi connectivity index (χ0) is 17.5. The van der Waals surface area contributed by atoms with Crippen LogP contribution in [0.3, 0.4) is 0 Å². The Hall–Kier alpha value is -3.36. The summed E-state index contributed by atoms with van der Waals surface area (Å²) >= 11 is 0. The van der Waals surface area contributed by atoms with Gasteiger partial charge in [0, 0.05) is 30.6 Å². The van der Waals surface area contributed by atoms with E-state index in [0.29, 0.717) is 17.9 Å². The molecular weight excluding hydrogens is 310 g/mol. The smallest absolute Gasteiger partial charge is 0.294 e. The maximum absolute atomic E-state index is 11.3. The van der Waals surface area contributed by atoms with Crippen molar-refractivity contribution in [1.82, 2.24) is 4.57 Å². The Kier molecular flexibility index (Phi) is 5.50. The topological polar surface area (TPSA) is 137 Å². The number of rotatable bonds is 7. The molecule has 0 atom stereocenters. The summed E-state index contributed by atoms with van der Waals surface area (Å²) in [6.45, 7) is 2.67. The van der Waals surface area contributed by atoms with Gasteiger partial charge >= 0.3 is 0 Å². The number of nitro benzene ring substituents is 1. The molecule has 0 spiro atoms. The lowest BCUT2D eigenvalue weighted by atomic mass is 10.2. The van der Waals surface area contributed by atoms with E-state index in [-0.39, 0.29) is 11.6 Å². The number of nitrogens with two attached hydrogens (primary N) is 2. The number of guanidine groups is 1. The zero-order valence-electron chi connectivity index (χ0n) is 13.2. The molecule has 1 heterocycles. The summed E-state index contributed by atoms with van der Waals surface area (Å²) in [5.74, 6) is -0.128. The SMILES string of the molecule is CCCNc1ccc(-n2ccc(/C=N/N=C(N)N)c2)cc1[N+](=O)[O-]. The minimum atomic E-state index is -0.397. The van der Waals surface area contributed by atoms with Gasteiger partial charge in [-0.3, -0.25) is 10.1 Å². The summed E-state index contributed by atoms with van der Waals surface area (Å²) in [7, 11) is 0. The van der Waals surface area contributed by atoms with E-state index >= 15 is 0 Å². The van der Waals surface area contributed by atoms with Crippen molar-refractivity contribution in [2.75, 3.05) is 11.9 Å². The molecule has 0 bridgehead atoms. The van der Waals surface area contributed by atoms with Crippen molar-refractivity contribution in [2.24, 2.45) is 21.7 Å². The van der Waals surface area contributed by atoms with E-state index in [4.69, 9.17) is 11.5 Å². The van der Waals surface area contributed by atoms with Crippen LogP contribution in [0.4, 0.5) is 11.4 Å². The lowest BCUT2D eigenvalue weighted by Crippen LogP contribution is -2.21. The Bertz CT molecular complexity index is 776. The predicted octanol–water partition coefficient (Wildman–Crippen LogP) is 1.81. The monoisotopic (exact) mass is 329 g/mol. The zero-order valence-corrected chi connectivity index (χ0v) is 13.2. The summed E-state index contributed by atoms with van der Waals surface area (Å²) in [5.41, 5.74) is 12.3. The number of hydrogen-bond donors (Lipinski definition) is 3. The summed E-state index contributed by atoms with van der Waals surface area (Å²) in [6.07, 6.45) is 5.91. The largest absolute Gasteiger partial charge is 0.380 e. The first-order valence-electron chi connectivity index (χ1n) is 7.34. The van der Waals surface area contributed by atoms with Gasteiger partial charge in [0.15, 0.2) is 0 Å². The van der Waals surface area contributed by atoms with Gasteiger partial charge in [0.1, 0.15) is 5.69 Å². The molecule has 0 radical (unpaired) electrons. The van der Waals surface area contributed by atoms with E-state index in [1.165, 1.54) is 12.3 Å². The van der Waals surface area contributed by atoms with Crippen LogP contribution in [0, 0.1) is 10.1 Å². The first-order chi connectivity index (χ1) is 11.5. The molecule has 5 N–H and O–H groups in total. The highest BCUT2D eigenvalue weighted by Crippen LogP contribution is 2.27. The van der Waals surface area contributed by atoms with Gasteiger partial charge in [0.05, 0.1) is 16.8 Å². The van der Waals surface area contributed by atoms with E-state index < -0.39 is 4.92 Å². The second-order valence-corrected chi connectivity index (χ2v) is 5.01. The quantitative estimate of drug-likeness (QED) is 0.308. The van der Waals surface area contributed by atoms with Crippen LogP contribution >= 0.6 is 0 Å². The molecule has 0 amide bonds. The molecule has 24 heavy (non-hydrogen) atoms. The molecule has 0 unspecified atom stereocenters. The standard InChI is InChI=1S/C15H19N7O2/c1-2-6-18-13-4-3-12(8-14(13)22(23)24)21-7-5-11(10-21)9-19-20-15(16)17/h3-5,7-10,18H,2,6H2,1H3,(H4,16,17,20)/b19-9+. The average molecular weight is 329 g/mol. The van der Waals surface area contributed by atoms with Crippen LogP contribution in [0.15, 0.2) is 46.9 Å². The molecule has 2 rings (SSSR count). The third-order valence-corrected chi connectivity index (χ3v) is 3.14. The van der Waals surface area contributed by atoms with Crippen molar-refractivity contribution in [1.29, 1.82) is 0 Å². The molecule has 0 aliphatic rings. The van der Waals surface area contributed by atoms with Crippen molar-refractivity contribution in [2.45, 2.75) is 13.3 Å². The van der Waals surface area contributed by atoms with Gasteiger partial charge in [-0.05, 0) is 24.6 Å². The number of nitro groups is 1. The highest BCUT2D eigenvalue weighted by atomic mass is 16.6. The molecule has 0 saturated heterocycles. The molecular formula is C15H19N7O2. The summed E-state index contributed by atoms with van der Waals surface area (Å²) in [5, 5.41) is 21.6. The normalized spacial score (nSPS) is 10.7. The van der Waals surface area contributed by atoms with Crippen molar-refractivity contribution in [3.63, 3.8) is 0 Å². The van der Waals surface area contributed by atoms with Gasteiger partial charge in [0.2, 0.25) is 5.96 Å². The van der Waals surface area contributed by atoms with Gasteiger partial charge in [-0.2, -0.15) is 5.10 Å². The highest BCUT2D eigenvalue weighted by molar-refractivity contribution is 5.81. The maximum Gasteiger partial charge on any atom is 0.294 e. The van der Waals surface area contributed by atoms with Gasteiger partial charge in [-0.1, -0.05) is 6.92 Å².